The number of anilines is 1. The lowest BCUT2D eigenvalue weighted by Gasteiger charge is -2.32. The SMILES string of the molecule is Cc1cc(NCC(C)N2CCCCC2)ccc1C#N. The van der Waals surface area contributed by atoms with E-state index in [0.717, 1.165) is 23.4 Å². The van der Waals surface area contributed by atoms with Crippen LogP contribution >= 0.6 is 0 Å². The van der Waals surface area contributed by atoms with Crippen molar-refractivity contribution in [2.24, 2.45) is 0 Å². The molecule has 0 saturated carbocycles. The van der Waals surface area contributed by atoms with Crippen molar-refractivity contribution >= 4 is 5.69 Å². The Labute approximate surface area is 116 Å². The maximum Gasteiger partial charge on any atom is 0.0994 e. The quantitative estimate of drug-likeness (QED) is 0.900. The molecule has 0 amide bonds. The number of hydrogen-bond acceptors (Lipinski definition) is 3. The fourth-order valence-corrected chi connectivity index (χ4v) is 2.65. The molecule has 1 N–H and O–H groups in total. The minimum atomic E-state index is 0.566. The zero-order valence-corrected chi connectivity index (χ0v) is 11.9. The van der Waals surface area contributed by atoms with Gasteiger partial charge in [0.15, 0.2) is 0 Å². The van der Waals surface area contributed by atoms with E-state index >= 15 is 0 Å². The predicted octanol–water partition coefficient (Wildman–Crippen LogP) is 3.15. The van der Waals surface area contributed by atoms with Gasteiger partial charge in [-0.1, -0.05) is 6.42 Å². The molecule has 0 bridgehead atoms. The Balaban J connectivity index is 1.88. The summed E-state index contributed by atoms with van der Waals surface area (Å²) in [6.45, 7) is 7.70. The van der Waals surface area contributed by atoms with Crippen molar-refractivity contribution in [1.29, 1.82) is 5.26 Å². The first kappa shape index (κ1) is 13.9. The average molecular weight is 257 g/mol. The molecule has 0 spiro atoms. The summed E-state index contributed by atoms with van der Waals surface area (Å²) in [7, 11) is 0. The van der Waals surface area contributed by atoms with Crippen LogP contribution in [0.4, 0.5) is 5.69 Å². The van der Waals surface area contributed by atoms with E-state index in [1.807, 2.05) is 19.1 Å². The largest absolute Gasteiger partial charge is 0.383 e. The van der Waals surface area contributed by atoms with Gasteiger partial charge in [-0.2, -0.15) is 5.26 Å². The van der Waals surface area contributed by atoms with E-state index in [1.165, 1.54) is 32.4 Å². The van der Waals surface area contributed by atoms with E-state index in [1.54, 1.807) is 0 Å². The fraction of sp³-hybridized carbons (Fsp3) is 0.562. The topological polar surface area (TPSA) is 39.1 Å². The molecular weight excluding hydrogens is 234 g/mol. The summed E-state index contributed by atoms with van der Waals surface area (Å²) >= 11 is 0. The van der Waals surface area contributed by atoms with Crippen LogP contribution in [0.15, 0.2) is 18.2 Å². The maximum absolute atomic E-state index is 8.92. The van der Waals surface area contributed by atoms with E-state index < -0.39 is 0 Å². The molecule has 1 unspecified atom stereocenters. The van der Waals surface area contributed by atoms with Crippen molar-refractivity contribution in [2.45, 2.75) is 39.2 Å². The number of aryl methyl sites for hydroxylation is 1. The molecule has 2 rings (SSSR count). The van der Waals surface area contributed by atoms with Gasteiger partial charge in [-0.05, 0) is 63.5 Å². The van der Waals surface area contributed by atoms with Gasteiger partial charge in [0.2, 0.25) is 0 Å². The Kier molecular flexibility index (Phi) is 4.81. The van der Waals surface area contributed by atoms with Gasteiger partial charge in [0.25, 0.3) is 0 Å². The van der Waals surface area contributed by atoms with Gasteiger partial charge < -0.3 is 5.32 Å². The molecule has 1 fully saturated rings. The minimum Gasteiger partial charge on any atom is -0.383 e. The number of nitriles is 1. The smallest absolute Gasteiger partial charge is 0.0994 e. The molecule has 0 radical (unpaired) electrons. The molecular formula is C16H23N3. The van der Waals surface area contributed by atoms with E-state index in [2.05, 4.69) is 29.3 Å². The molecule has 1 aromatic carbocycles. The van der Waals surface area contributed by atoms with Crippen LogP contribution in [0.3, 0.4) is 0 Å². The molecule has 3 heteroatoms. The molecule has 102 valence electrons. The van der Waals surface area contributed by atoms with Crippen LogP contribution in [0.2, 0.25) is 0 Å². The molecule has 19 heavy (non-hydrogen) atoms. The second-order valence-corrected chi connectivity index (χ2v) is 5.47. The van der Waals surface area contributed by atoms with Gasteiger partial charge in [-0.3, -0.25) is 4.90 Å². The summed E-state index contributed by atoms with van der Waals surface area (Å²) in [6, 6.07) is 8.71. The van der Waals surface area contributed by atoms with E-state index in [0.29, 0.717) is 6.04 Å². The third-order valence-corrected chi connectivity index (χ3v) is 3.96. The number of hydrogen-bond donors (Lipinski definition) is 1. The number of nitrogens with zero attached hydrogens (tertiary/aromatic N) is 2. The molecule has 1 aromatic rings. The molecule has 3 nitrogen and oxygen atoms in total. The Morgan fingerprint density at radius 3 is 2.68 bits per heavy atom. The lowest BCUT2D eigenvalue weighted by Crippen LogP contribution is -2.41. The highest BCUT2D eigenvalue weighted by Gasteiger charge is 2.16. The number of rotatable bonds is 4. The predicted molar refractivity (Wildman–Crippen MR) is 79.3 cm³/mol. The van der Waals surface area contributed by atoms with Crippen LogP contribution in [0.5, 0.6) is 0 Å². The van der Waals surface area contributed by atoms with Crippen LogP contribution in [0, 0.1) is 18.3 Å². The zero-order valence-electron chi connectivity index (χ0n) is 11.9. The first-order valence-electron chi connectivity index (χ1n) is 7.19. The summed E-state index contributed by atoms with van der Waals surface area (Å²) in [4.78, 5) is 2.56. The van der Waals surface area contributed by atoms with Gasteiger partial charge in [-0.25, -0.2) is 0 Å². The molecule has 1 atom stereocenters. The van der Waals surface area contributed by atoms with E-state index in [9.17, 15) is 0 Å². The number of nitrogens with one attached hydrogen (secondary N) is 1. The number of likely N-dealkylation sites (tertiary alicyclic amines) is 1. The van der Waals surface area contributed by atoms with Gasteiger partial charge in [0.05, 0.1) is 11.6 Å². The Morgan fingerprint density at radius 1 is 1.32 bits per heavy atom. The summed E-state index contributed by atoms with van der Waals surface area (Å²) in [5, 5.41) is 12.4. The van der Waals surface area contributed by atoms with Crippen molar-refractivity contribution in [3.8, 4) is 6.07 Å². The second-order valence-electron chi connectivity index (χ2n) is 5.47. The average Bonchev–Trinajstić information content (AvgIpc) is 2.46. The fourth-order valence-electron chi connectivity index (χ4n) is 2.65. The van der Waals surface area contributed by atoms with E-state index in [4.69, 9.17) is 5.26 Å². The first-order valence-corrected chi connectivity index (χ1v) is 7.19. The highest BCUT2D eigenvalue weighted by Crippen LogP contribution is 2.16. The Bertz CT molecular complexity index is 456. The second kappa shape index (κ2) is 6.58. The normalized spacial score (nSPS) is 17.7. The Morgan fingerprint density at radius 2 is 2.05 bits per heavy atom. The lowest BCUT2D eigenvalue weighted by molar-refractivity contribution is 0.180. The van der Waals surface area contributed by atoms with Crippen molar-refractivity contribution in [3.05, 3.63) is 29.3 Å². The van der Waals surface area contributed by atoms with Crippen molar-refractivity contribution in [3.63, 3.8) is 0 Å². The van der Waals surface area contributed by atoms with Crippen LogP contribution in [0.25, 0.3) is 0 Å². The van der Waals surface area contributed by atoms with Crippen LogP contribution in [-0.4, -0.2) is 30.6 Å². The standard InChI is InChI=1S/C16H23N3/c1-13-10-16(7-6-15(13)11-17)18-12-14(2)19-8-4-3-5-9-19/h6-7,10,14,18H,3-5,8-9,12H2,1-2H3. The van der Waals surface area contributed by atoms with Crippen LogP contribution in [-0.2, 0) is 0 Å². The molecule has 1 aliphatic rings. The molecule has 1 saturated heterocycles. The number of piperidine rings is 1. The van der Waals surface area contributed by atoms with Crippen molar-refractivity contribution < 1.29 is 0 Å². The van der Waals surface area contributed by atoms with Crippen molar-refractivity contribution in [1.82, 2.24) is 4.90 Å². The van der Waals surface area contributed by atoms with E-state index in [-0.39, 0.29) is 0 Å². The lowest BCUT2D eigenvalue weighted by atomic mass is 10.1. The van der Waals surface area contributed by atoms with Gasteiger partial charge in [0.1, 0.15) is 0 Å². The molecule has 0 aromatic heterocycles. The first-order chi connectivity index (χ1) is 9.20. The van der Waals surface area contributed by atoms with Crippen LogP contribution in [0.1, 0.15) is 37.3 Å². The Hall–Kier alpha value is -1.53. The molecule has 1 heterocycles. The third kappa shape index (κ3) is 3.71. The summed E-state index contributed by atoms with van der Waals surface area (Å²) < 4.78 is 0. The highest BCUT2D eigenvalue weighted by molar-refractivity contribution is 5.51. The minimum absolute atomic E-state index is 0.566. The van der Waals surface area contributed by atoms with Gasteiger partial charge in [-0.15, -0.1) is 0 Å². The van der Waals surface area contributed by atoms with Gasteiger partial charge >= 0.3 is 0 Å². The summed E-state index contributed by atoms with van der Waals surface area (Å²) in [5.41, 5.74) is 2.91. The summed E-state index contributed by atoms with van der Waals surface area (Å²) in [6.07, 6.45) is 4.05. The summed E-state index contributed by atoms with van der Waals surface area (Å²) in [5.74, 6) is 0. The number of benzene rings is 1. The highest BCUT2D eigenvalue weighted by atomic mass is 15.2. The monoisotopic (exact) mass is 257 g/mol. The third-order valence-electron chi connectivity index (χ3n) is 3.96. The van der Waals surface area contributed by atoms with Crippen molar-refractivity contribution in [2.75, 3.05) is 25.0 Å². The van der Waals surface area contributed by atoms with Gasteiger partial charge in [0, 0.05) is 18.3 Å². The molecule has 1 aliphatic heterocycles. The van der Waals surface area contributed by atoms with Crippen LogP contribution < -0.4 is 5.32 Å². The maximum atomic E-state index is 8.92. The zero-order chi connectivity index (χ0) is 13.7. The molecule has 0 aliphatic carbocycles.